The summed E-state index contributed by atoms with van der Waals surface area (Å²) in [5.41, 5.74) is 1.71. The molecule has 8 heteroatoms. The second-order valence-corrected chi connectivity index (χ2v) is 8.72. The molecule has 3 aromatic rings. The summed E-state index contributed by atoms with van der Waals surface area (Å²) in [6.45, 7) is 2.45. The third kappa shape index (κ3) is 4.60. The van der Waals surface area contributed by atoms with Crippen molar-refractivity contribution in [3.63, 3.8) is 0 Å². The molecule has 1 saturated heterocycles. The third-order valence-corrected chi connectivity index (χ3v) is 6.33. The lowest BCUT2D eigenvalue weighted by atomic mass is 10.1. The van der Waals surface area contributed by atoms with Crippen molar-refractivity contribution in [3.05, 3.63) is 47.9 Å². The molecule has 2 aromatic heterocycles. The number of nitrogens with zero attached hydrogens (tertiary/aromatic N) is 5. The topological polar surface area (TPSA) is 54.3 Å². The first-order valence-corrected chi connectivity index (χ1v) is 11.1. The molecule has 1 fully saturated rings. The first kappa shape index (κ1) is 20.7. The minimum absolute atomic E-state index is 0.255. The number of amides is 1. The number of benzene rings is 1. The minimum atomic E-state index is -0.255. The van der Waals surface area contributed by atoms with E-state index in [1.54, 1.807) is 18.3 Å². The molecule has 158 valence electrons. The molecule has 1 unspecified atom stereocenters. The van der Waals surface area contributed by atoms with Crippen molar-refractivity contribution in [1.82, 2.24) is 24.3 Å². The Morgan fingerprint density at radius 3 is 2.80 bits per heavy atom. The number of rotatable bonds is 8. The molecule has 1 atom stereocenters. The average Bonchev–Trinajstić information content (AvgIpc) is 3.45. The van der Waals surface area contributed by atoms with Crippen LogP contribution in [0.25, 0.3) is 22.1 Å². The van der Waals surface area contributed by atoms with Crippen molar-refractivity contribution in [1.29, 1.82) is 0 Å². The third-order valence-electron chi connectivity index (χ3n) is 5.49. The van der Waals surface area contributed by atoms with E-state index < -0.39 is 0 Å². The second-order valence-electron chi connectivity index (χ2n) is 7.86. The molecule has 3 heterocycles. The summed E-state index contributed by atoms with van der Waals surface area (Å²) in [7, 11) is 4.06. The Hall–Kier alpha value is -2.58. The lowest BCUT2D eigenvalue weighted by molar-refractivity contribution is -0.129. The van der Waals surface area contributed by atoms with Crippen LogP contribution in [0.3, 0.4) is 0 Å². The van der Waals surface area contributed by atoms with Crippen molar-refractivity contribution in [2.24, 2.45) is 0 Å². The predicted octanol–water partition coefficient (Wildman–Crippen LogP) is 3.76. The monoisotopic (exact) mass is 427 g/mol. The molecule has 0 bridgehead atoms. The lowest BCUT2D eigenvalue weighted by Crippen LogP contribution is -2.38. The molecule has 1 amide bonds. The molecular formula is C22H26FN5OS. The van der Waals surface area contributed by atoms with E-state index in [0.29, 0.717) is 6.42 Å². The van der Waals surface area contributed by atoms with E-state index in [9.17, 15) is 9.18 Å². The van der Waals surface area contributed by atoms with Gasteiger partial charge in [-0.2, -0.15) is 0 Å². The van der Waals surface area contributed by atoms with Crippen molar-refractivity contribution >= 4 is 17.2 Å². The Bertz CT molecular complexity index is 997. The van der Waals surface area contributed by atoms with Crippen LogP contribution >= 0.6 is 11.3 Å². The highest BCUT2D eigenvalue weighted by Gasteiger charge is 2.30. The van der Waals surface area contributed by atoms with Gasteiger partial charge in [0.2, 0.25) is 5.91 Å². The van der Waals surface area contributed by atoms with Gasteiger partial charge in [-0.1, -0.05) is 0 Å². The van der Waals surface area contributed by atoms with Crippen molar-refractivity contribution in [2.45, 2.75) is 31.8 Å². The van der Waals surface area contributed by atoms with Gasteiger partial charge in [-0.25, -0.2) is 14.4 Å². The number of halogens is 1. The molecule has 0 saturated carbocycles. The molecular weight excluding hydrogens is 401 g/mol. The van der Waals surface area contributed by atoms with Crippen LogP contribution in [-0.2, 0) is 11.3 Å². The van der Waals surface area contributed by atoms with Gasteiger partial charge in [0.15, 0.2) is 10.8 Å². The maximum absolute atomic E-state index is 13.2. The summed E-state index contributed by atoms with van der Waals surface area (Å²) in [6.07, 6.45) is 6.22. The van der Waals surface area contributed by atoms with Crippen LogP contribution in [0.4, 0.5) is 4.39 Å². The van der Waals surface area contributed by atoms with E-state index in [1.165, 1.54) is 23.5 Å². The van der Waals surface area contributed by atoms with Gasteiger partial charge in [-0.05, 0) is 51.2 Å². The molecule has 0 N–H and O–H groups in total. The predicted molar refractivity (Wildman–Crippen MR) is 117 cm³/mol. The van der Waals surface area contributed by atoms with E-state index in [-0.39, 0.29) is 17.8 Å². The summed E-state index contributed by atoms with van der Waals surface area (Å²) in [5, 5.41) is 2.81. The minimum Gasteiger partial charge on any atom is -0.338 e. The van der Waals surface area contributed by atoms with Crippen molar-refractivity contribution < 1.29 is 9.18 Å². The van der Waals surface area contributed by atoms with E-state index in [4.69, 9.17) is 4.98 Å². The van der Waals surface area contributed by atoms with Gasteiger partial charge in [0.1, 0.15) is 5.82 Å². The van der Waals surface area contributed by atoms with Crippen LogP contribution in [0.1, 0.15) is 19.3 Å². The molecule has 30 heavy (non-hydrogen) atoms. The van der Waals surface area contributed by atoms with Gasteiger partial charge in [-0.3, -0.25) is 4.79 Å². The molecule has 1 aliphatic rings. The fourth-order valence-corrected chi connectivity index (χ4v) is 4.65. The Kier molecular flexibility index (Phi) is 6.24. The van der Waals surface area contributed by atoms with Crippen LogP contribution in [-0.4, -0.2) is 63.5 Å². The van der Waals surface area contributed by atoms with Crippen molar-refractivity contribution in [2.75, 3.05) is 27.2 Å². The summed E-state index contributed by atoms with van der Waals surface area (Å²) in [6, 6.07) is 6.64. The first-order chi connectivity index (χ1) is 14.5. The highest BCUT2D eigenvalue weighted by Crippen LogP contribution is 2.29. The maximum atomic E-state index is 13.2. The van der Waals surface area contributed by atoms with Gasteiger partial charge in [-0.15, -0.1) is 11.3 Å². The standard InChI is InChI=1S/C22H26FN5OS/c1-26(2)13-14-28-18(7-8-20(28)29)9-11-27-12-10-24-21(27)22-25-19(15-30-22)16-3-5-17(23)6-4-16/h3-6,10,12,15,18H,7-9,11,13-14H2,1-2H3. The average molecular weight is 428 g/mol. The van der Waals surface area contributed by atoms with E-state index in [1.807, 2.05) is 30.6 Å². The van der Waals surface area contributed by atoms with Gasteiger partial charge in [0.05, 0.1) is 5.69 Å². The number of imidazole rings is 1. The number of thiazole rings is 1. The van der Waals surface area contributed by atoms with Crippen LogP contribution in [0.15, 0.2) is 42.0 Å². The normalized spacial score (nSPS) is 16.7. The Morgan fingerprint density at radius 2 is 2.03 bits per heavy atom. The SMILES string of the molecule is CN(C)CCN1C(=O)CCC1CCn1ccnc1-c1nc(-c2ccc(F)cc2)cs1. The summed E-state index contributed by atoms with van der Waals surface area (Å²) >= 11 is 1.53. The van der Waals surface area contributed by atoms with Crippen molar-refractivity contribution in [3.8, 4) is 22.1 Å². The molecule has 0 radical (unpaired) electrons. The lowest BCUT2D eigenvalue weighted by Gasteiger charge is -2.26. The summed E-state index contributed by atoms with van der Waals surface area (Å²) in [5.74, 6) is 0.837. The van der Waals surface area contributed by atoms with Crippen LogP contribution < -0.4 is 0 Å². The first-order valence-electron chi connectivity index (χ1n) is 10.2. The zero-order chi connectivity index (χ0) is 21.1. The Labute approximate surface area is 180 Å². The van der Waals surface area contributed by atoms with Gasteiger partial charge in [0.25, 0.3) is 0 Å². The number of likely N-dealkylation sites (tertiary alicyclic amines) is 1. The largest absolute Gasteiger partial charge is 0.338 e. The number of aryl methyl sites for hydroxylation is 1. The zero-order valence-electron chi connectivity index (χ0n) is 17.3. The van der Waals surface area contributed by atoms with Crippen LogP contribution in [0, 0.1) is 5.82 Å². The Morgan fingerprint density at radius 1 is 1.23 bits per heavy atom. The molecule has 0 spiro atoms. The molecule has 6 nitrogen and oxygen atoms in total. The molecule has 0 aliphatic carbocycles. The fraction of sp³-hybridized carbons (Fsp3) is 0.409. The number of carbonyl (C=O) groups excluding carboxylic acids is 1. The Balaban J connectivity index is 1.44. The van der Waals surface area contributed by atoms with Crippen LogP contribution in [0.5, 0.6) is 0 Å². The fourth-order valence-electron chi connectivity index (χ4n) is 3.81. The van der Waals surface area contributed by atoms with Gasteiger partial charge < -0.3 is 14.4 Å². The summed E-state index contributed by atoms with van der Waals surface area (Å²) < 4.78 is 15.3. The van der Waals surface area contributed by atoms with Gasteiger partial charge >= 0.3 is 0 Å². The van der Waals surface area contributed by atoms with Crippen LogP contribution in [0.2, 0.25) is 0 Å². The molecule has 4 rings (SSSR count). The number of aromatic nitrogens is 3. The van der Waals surface area contributed by atoms with E-state index >= 15 is 0 Å². The highest BCUT2D eigenvalue weighted by atomic mass is 32.1. The number of likely N-dealkylation sites (N-methyl/N-ethyl adjacent to an activating group) is 1. The summed E-state index contributed by atoms with van der Waals surface area (Å²) in [4.78, 5) is 25.6. The van der Waals surface area contributed by atoms with Gasteiger partial charge in [0, 0.05) is 55.4 Å². The van der Waals surface area contributed by atoms with E-state index in [0.717, 1.165) is 54.6 Å². The number of hydrogen-bond acceptors (Lipinski definition) is 5. The zero-order valence-corrected chi connectivity index (χ0v) is 18.1. The second kappa shape index (κ2) is 9.06. The number of carbonyl (C=O) groups is 1. The van der Waals surface area contributed by atoms with E-state index in [2.05, 4.69) is 14.5 Å². The quantitative estimate of drug-likeness (QED) is 0.549. The molecule has 1 aliphatic heterocycles. The molecule has 1 aromatic carbocycles. The highest BCUT2D eigenvalue weighted by molar-refractivity contribution is 7.13. The maximum Gasteiger partial charge on any atom is 0.222 e. The number of hydrogen-bond donors (Lipinski definition) is 0. The smallest absolute Gasteiger partial charge is 0.222 e.